The van der Waals surface area contributed by atoms with Gasteiger partial charge in [-0.3, -0.25) is 4.79 Å². The minimum Gasteiger partial charge on any atom is -0.397 e. The molecule has 2 aromatic rings. The van der Waals surface area contributed by atoms with E-state index in [0.717, 1.165) is 6.42 Å². The summed E-state index contributed by atoms with van der Waals surface area (Å²) in [6, 6.07) is 4.74. The van der Waals surface area contributed by atoms with Crippen LogP contribution in [-0.4, -0.2) is 24.0 Å². The van der Waals surface area contributed by atoms with Crippen molar-refractivity contribution >= 4 is 44.8 Å². The molecule has 108 valence electrons. The van der Waals surface area contributed by atoms with Gasteiger partial charge in [-0.15, -0.1) is 11.3 Å². The number of hydrogen-bond acceptors (Lipinski definition) is 4. The van der Waals surface area contributed by atoms with Crippen LogP contribution >= 0.6 is 23.1 Å². The number of nitrogens with one attached hydrogen (secondary N) is 1. The largest absolute Gasteiger partial charge is 0.397 e. The molecule has 0 radical (unpaired) electrons. The molecule has 1 amide bonds. The molecule has 0 aliphatic rings. The summed E-state index contributed by atoms with van der Waals surface area (Å²) in [5, 5.41) is 3.68. The second-order valence-corrected chi connectivity index (χ2v) is 6.88. The van der Waals surface area contributed by atoms with Gasteiger partial charge in [0.1, 0.15) is 10.7 Å². The van der Waals surface area contributed by atoms with Gasteiger partial charge in [0, 0.05) is 16.5 Å². The molecule has 1 unspecified atom stereocenters. The molecule has 0 bridgehead atoms. The van der Waals surface area contributed by atoms with Crippen molar-refractivity contribution < 1.29 is 9.18 Å². The molecule has 0 aliphatic carbocycles. The highest BCUT2D eigenvalue weighted by Gasteiger charge is 2.18. The lowest BCUT2D eigenvalue weighted by atomic mass is 10.2. The number of thiophene rings is 1. The van der Waals surface area contributed by atoms with Crippen molar-refractivity contribution in [2.24, 2.45) is 0 Å². The zero-order chi connectivity index (χ0) is 14.7. The summed E-state index contributed by atoms with van der Waals surface area (Å²) in [7, 11) is 0. The first kappa shape index (κ1) is 15.1. The maximum Gasteiger partial charge on any atom is 0.263 e. The van der Waals surface area contributed by atoms with Crippen LogP contribution in [0.1, 0.15) is 23.0 Å². The van der Waals surface area contributed by atoms with Gasteiger partial charge in [-0.05, 0) is 24.8 Å². The standard InChI is InChI=1S/C14H17FN2OS2/c1-8(19-2)6-7-17-14(18)13-12(16)11-9(15)4-3-5-10(11)20-13/h3-5,8H,6-7,16H2,1-2H3,(H,17,18). The minimum absolute atomic E-state index is 0.226. The molecule has 20 heavy (non-hydrogen) atoms. The van der Waals surface area contributed by atoms with Gasteiger partial charge in [0.05, 0.1) is 11.1 Å². The molecule has 1 atom stereocenters. The average molecular weight is 312 g/mol. The van der Waals surface area contributed by atoms with Crippen molar-refractivity contribution in [1.29, 1.82) is 0 Å². The molecular formula is C14H17FN2OS2. The van der Waals surface area contributed by atoms with E-state index >= 15 is 0 Å². The summed E-state index contributed by atoms with van der Waals surface area (Å²) in [4.78, 5) is 12.5. The molecule has 3 N–H and O–H groups in total. The first-order chi connectivity index (χ1) is 9.54. The van der Waals surface area contributed by atoms with Crippen LogP contribution in [0.5, 0.6) is 0 Å². The number of hydrogen-bond donors (Lipinski definition) is 2. The number of carbonyl (C=O) groups is 1. The molecule has 0 fully saturated rings. The highest BCUT2D eigenvalue weighted by atomic mass is 32.2. The Morgan fingerprint density at radius 1 is 1.55 bits per heavy atom. The third kappa shape index (κ3) is 3.07. The highest BCUT2D eigenvalue weighted by Crippen LogP contribution is 2.35. The van der Waals surface area contributed by atoms with Crippen molar-refractivity contribution in [3.05, 3.63) is 28.9 Å². The molecule has 6 heteroatoms. The van der Waals surface area contributed by atoms with E-state index in [4.69, 9.17) is 5.73 Å². The fraction of sp³-hybridized carbons (Fsp3) is 0.357. The zero-order valence-corrected chi connectivity index (χ0v) is 13.0. The topological polar surface area (TPSA) is 55.1 Å². The molecular weight excluding hydrogens is 295 g/mol. The summed E-state index contributed by atoms with van der Waals surface area (Å²) in [6.07, 6.45) is 2.94. The number of nitrogens with two attached hydrogens (primary N) is 1. The van der Waals surface area contributed by atoms with Gasteiger partial charge >= 0.3 is 0 Å². The molecule has 1 aromatic carbocycles. The van der Waals surface area contributed by atoms with Crippen LogP contribution < -0.4 is 11.1 Å². The number of benzene rings is 1. The van der Waals surface area contributed by atoms with Crippen molar-refractivity contribution in [2.75, 3.05) is 18.5 Å². The highest BCUT2D eigenvalue weighted by molar-refractivity contribution is 7.99. The molecule has 0 spiro atoms. The maximum atomic E-state index is 13.7. The third-order valence-electron chi connectivity index (χ3n) is 3.15. The van der Waals surface area contributed by atoms with Crippen LogP contribution in [0.25, 0.3) is 10.1 Å². The quantitative estimate of drug-likeness (QED) is 0.888. The van der Waals surface area contributed by atoms with Gasteiger partial charge in [-0.2, -0.15) is 11.8 Å². The predicted molar refractivity (Wildman–Crippen MR) is 86.1 cm³/mol. The van der Waals surface area contributed by atoms with E-state index in [1.807, 2.05) is 6.26 Å². The number of amides is 1. The van der Waals surface area contributed by atoms with Crippen molar-refractivity contribution in [3.63, 3.8) is 0 Å². The lowest BCUT2D eigenvalue weighted by Gasteiger charge is -2.08. The van der Waals surface area contributed by atoms with Gasteiger partial charge in [-0.1, -0.05) is 13.0 Å². The number of anilines is 1. The van der Waals surface area contributed by atoms with Crippen LogP contribution in [0, 0.1) is 5.82 Å². The van der Waals surface area contributed by atoms with E-state index in [2.05, 4.69) is 12.2 Å². The summed E-state index contributed by atoms with van der Waals surface area (Å²) in [5.41, 5.74) is 6.14. The van der Waals surface area contributed by atoms with Crippen molar-refractivity contribution in [3.8, 4) is 0 Å². The van der Waals surface area contributed by atoms with E-state index < -0.39 is 0 Å². The van der Waals surface area contributed by atoms with Crippen molar-refractivity contribution in [1.82, 2.24) is 5.32 Å². The Morgan fingerprint density at radius 3 is 2.95 bits per heavy atom. The smallest absolute Gasteiger partial charge is 0.263 e. The van der Waals surface area contributed by atoms with Crippen LogP contribution in [0.15, 0.2) is 18.2 Å². The van der Waals surface area contributed by atoms with Gasteiger partial charge in [0.2, 0.25) is 0 Å². The Labute approximate surface area is 125 Å². The Bertz CT molecular complexity index is 627. The number of nitrogen functional groups attached to an aromatic ring is 1. The molecule has 0 saturated carbocycles. The minimum atomic E-state index is -0.383. The lowest BCUT2D eigenvalue weighted by molar-refractivity contribution is 0.0958. The fourth-order valence-electron chi connectivity index (χ4n) is 1.89. The van der Waals surface area contributed by atoms with E-state index in [9.17, 15) is 9.18 Å². The van der Waals surface area contributed by atoms with Crippen LogP contribution in [0.4, 0.5) is 10.1 Å². The first-order valence-corrected chi connectivity index (χ1v) is 8.42. The normalized spacial score (nSPS) is 12.6. The number of fused-ring (bicyclic) bond motifs is 1. The Morgan fingerprint density at radius 2 is 2.30 bits per heavy atom. The number of carbonyl (C=O) groups excluding carboxylic acids is 1. The lowest BCUT2D eigenvalue weighted by Crippen LogP contribution is -2.25. The molecule has 2 rings (SSSR count). The van der Waals surface area contributed by atoms with Gasteiger partial charge in [0.25, 0.3) is 5.91 Å². The molecule has 3 nitrogen and oxygen atoms in total. The summed E-state index contributed by atoms with van der Waals surface area (Å²) in [6.45, 7) is 2.71. The van der Waals surface area contributed by atoms with E-state index in [1.165, 1.54) is 17.4 Å². The summed E-state index contributed by atoms with van der Waals surface area (Å²) >= 11 is 2.99. The molecule has 1 heterocycles. The summed E-state index contributed by atoms with van der Waals surface area (Å²) in [5.74, 6) is -0.609. The fourth-order valence-corrected chi connectivity index (χ4v) is 3.29. The Kier molecular flexibility index (Phi) is 4.88. The number of halogens is 1. The molecule has 0 saturated heterocycles. The second-order valence-electron chi connectivity index (χ2n) is 4.55. The molecule has 0 aliphatic heterocycles. The Hall–Kier alpha value is -1.27. The van der Waals surface area contributed by atoms with Crippen molar-refractivity contribution in [2.45, 2.75) is 18.6 Å². The average Bonchev–Trinajstić information content (AvgIpc) is 2.77. The maximum absolute atomic E-state index is 13.7. The van der Waals surface area contributed by atoms with E-state index in [-0.39, 0.29) is 17.4 Å². The van der Waals surface area contributed by atoms with E-state index in [0.29, 0.717) is 26.8 Å². The van der Waals surface area contributed by atoms with Gasteiger partial charge in [0.15, 0.2) is 0 Å². The number of rotatable bonds is 5. The summed E-state index contributed by atoms with van der Waals surface area (Å²) < 4.78 is 14.4. The van der Waals surface area contributed by atoms with Crippen LogP contribution in [-0.2, 0) is 0 Å². The third-order valence-corrected chi connectivity index (χ3v) is 5.36. The second kappa shape index (κ2) is 6.45. The monoisotopic (exact) mass is 312 g/mol. The van der Waals surface area contributed by atoms with E-state index in [1.54, 1.807) is 23.9 Å². The molecule has 1 aromatic heterocycles. The first-order valence-electron chi connectivity index (χ1n) is 6.32. The predicted octanol–water partition coefficient (Wildman–Crippen LogP) is 3.49. The SMILES string of the molecule is CSC(C)CCNC(=O)c1sc2cccc(F)c2c1N. The Balaban J connectivity index is 2.15. The van der Waals surface area contributed by atoms with Gasteiger partial charge in [-0.25, -0.2) is 4.39 Å². The van der Waals surface area contributed by atoms with Crippen LogP contribution in [0.3, 0.4) is 0 Å². The van der Waals surface area contributed by atoms with Gasteiger partial charge < -0.3 is 11.1 Å². The number of thioether (sulfide) groups is 1. The van der Waals surface area contributed by atoms with Crippen LogP contribution in [0.2, 0.25) is 0 Å². The zero-order valence-electron chi connectivity index (χ0n) is 11.4.